The molecule has 146 valence electrons. The van der Waals surface area contributed by atoms with Gasteiger partial charge in [0.15, 0.2) is 0 Å². The van der Waals surface area contributed by atoms with Gasteiger partial charge >= 0.3 is 0 Å². The Morgan fingerprint density at radius 1 is 1.33 bits per heavy atom. The number of alkyl halides is 2. The molecule has 3 rings (SSSR count). The first kappa shape index (κ1) is 19.7. The van der Waals surface area contributed by atoms with E-state index in [0.29, 0.717) is 5.92 Å². The van der Waals surface area contributed by atoms with Crippen molar-refractivity contribution in [3.8, 4) is 0 Å². The quantitative estimate of drug-likeness (QED) is 0.585. The van der Waals surface area contributed by atoms with Gasteiger partial charge in [0.2, 0.25) is 0 Å². The Hall–Kier alpha value is -2.10. The van der Waals surface area contributed by atoms with Crippen molar-refractivity contribution in [1.29, 1.82) is 0 Å². The van der Waals surface area contributed by atoms with Crippen molar-refractivity contribution in [1.82, 2.24) is 9.80 Å². The van der Waals surface area contributed by atoms with Gasteiger partial charge in [0.25, 0.3) is 5.92 Å². The predicted molar refractivity (Wildman–Crippen MR) is 108 cm³/mol. The molecule has 0 spiro atoms. The first-order chi connectivity index (χ1) is 12.9. The van der Waals surface area contributed by atoms with E-state index >= 15 is 0 Å². The molecular weight excluding hydrogens is 342 g/mol. The monoisotopic (exact) mass is 372 g/mol. The second-order valence-corrected chi connectivity index (χ2v) is 7.74. The summed E-state index contributed by atoms with van der Waals surface area (Å²) >= 11 is 0. The van der Waals surface area contributed by atoms with Crippen LogP contribution in [-0.2, 0) is 12.8 Å². The summed E-state index contributed by atoms with van der Waals surface area (Å²) in [5.74, 6) is -1.31. The van der Waals surface area contributed by atoms with Crippen LogP contribution in [0.25, 0.3) is 0 Å². The van der Waals surface area contributed by atoms with Gasteiger partial charge in [-0.2, -0.15) is 0 Å². The summed E-state index contributed by atoms with van der Waals surface area (Å²) < 4.78 is 27.4. The van der Waals surface area contributed by atoms with E-state index < -0.39 is 5.92 Å². The lowest BCUT2D eigenvalue weighted by atomic mass is 9.89. The van der Waals surface area contributed by atoms with Crippen LogP contribution in [0.5, 0.6) is 0 Å². The molecule has 0 aromatic heterocycles. The maximum atomic E-state index is 13.7. The van der Waals surface area contributed by atoms with Gasteiger partial charge in [-0.3, -0.25) is 0 Å². The molecule has 1 aliphatic carbocycles. The summed E-state index contributed by atoms with van der Waals surface area (Å²) in [5, 5.41) is 0. The third-order valence-electron chi connectivity index (χ3n) is 5.93. The minimum Gasteiger partial charge on any atom is -0.358 e. The van der Waals surface area contributed by atoms with Gasteiger partial charge in [-0.1, -0.05) is 44.4 Å². The zero-order chi connectivity index (χ0) is 19.6. The zero-order valence-electron chi connectivity index (χ0n) is 16.3. The van der Waals surface area contributed by atoms with Gasteiger partial charge < -0.3 is 9.80 Å². The van der Waals surface area contributed by atoms with Crippen LogP contribution in [0.1, 0.15) is 48.8 Å². The van der Waals surface area contributed by atoms with E-state index in [9.17, 15) is 8.78 Å². The van der Waals surface area contributed by atoms with Gasteiger partial charge in [-0.25, -0.2) is 8.78 Å². The van der Waals surface area contributed by atoms with E-state index in [2.05, 4.69) is 36.5 Å². The van der Waals surface area contributed by atoms with Crippen LogP contribution >= 0.6 is 0 Å². The zero-order valence-corrected chi connectivity index (χ0v) is 16.3. The number of likely N-dealkylation sites (tertiary alicyclic amines) is 1. The largest absolute Gasteiger partial charge is 0.358 e. The summed E-state index contributed by atoms with van der Waals surface area (Å²) in [6, 6.07) is 6.13. The van der Waals surface area contributed by atoms with Crippen LogP contribution in [0.3, 0.4) is 0 Å². The van der Waals surface area contributed by atoms with Crippen LogP contribution in [0.2, 0.25) is 0 Å². The topological polar surface area (TPSA) is 6.48 Å². The Balaban J connectivity index is 1.74. The molecular formula is C23H30F2N2. The smallest absolute Gasteiger partial charge is 0.256 e. The molecule has 1 saturated heterocycles. The third-order valence-corrected chi connectivity index (χ3v) is 5.93. The van der Waals surface area contributed by atoms with Crippen molar-refractivity contribution in [3.63, 3.8) is 0 Å². The minimum absolute atomic E-state index is 0.121. The van der Waals surface area contributed by atoms with E-state index in [0.717, 1.165) is 49.3 Å². The lowest BCUT2D eigenvalue weighted by molar-refractivity contribution is 0.0130. The van der Waals surface area contributed by atoms with Crippen LogP contribution in [0.4, 0.5) is 8.78 Å². The molecule has 2 aliphatic rings. The van der Waals surface area contributed by atoms with Crippen molar-refractivity contribution in [2.75, 3.05) is 13.1 Å². The molecule has 1 aromatic rings. The van der Waals surface area contributed by atoms with Crippen LogP contribution in [0, 0.1) is 0 Å². The molecule has 27 heavy (non-hydrogen) atoms. The van der Waals surface area contributed by atoms with Crippen molar-refractivity contribution in [2.24, 2.45) is 0 Å². The lowest BCUT2D eigenvalue weighted by Crippen LogP contribution is -2.41. The van der Waals surface area contributed by atoms with Crippen molar-refractivity contribution in [2.45, 2.75) is 56.9 Å². The number of hydrogen-bond donors (Lipinski definition) is 0. The number of hydrogen-bond acceptors (Lipinski definition) is 2. The first-order valence-corrected chi connectivity index (χ1v) is 9.85. The highest BCUT2D eigenvalue weighted by Crippen LogP contribution is 2.37. The van der Waals surface area contributed by atoms with Gasteiger partial charge in [0.1, 0.15) is 5.82 Å². The summed E-state index contributed by atoms with van der Waals surface area (Å²) in [6.45, 7) is 16.1. The van der Waals surface area contributed by atoms with Crippen molar-refractivity contribution < 1.29 is 8.78 Å². The van der Waals surface area contributed by atoms with Gasteiger partial charge in [0, 0.05) is 31.8 Å². The minimum atomic E-state index is -2.59. The molecule has 0 saturated carbocycles. The Morgan fingerprint density at radius 2 is 2.07 bits per heavy atom. The Morgan fingerprint density at radius 3 is 2.74 bits per heavy atom. The van der Waals surface area contributed by atoms with Crippen molar-refractivity contribution >= 4 is 0 Å². The molecule has 2 nitrogen and oxygen atoms in total. The number of piperidine rings is 1. The van der Waals surface area contributed by atoms with Gasteiger partial charge in [-0.15, -0.1) is 6.58 Å². The average Bonchev–Trinajstić information content (AvgIpc) is 2.98. The number of rotatable bonds is 7. The van der Waals surface area contributed by atoms with E-state index in [4.69, 9.17) is 0 Å². The molecule has 1 fully saturated rings. The van der Waals surface area contributed by atoms with Crippen LogP contribution in [0.15, 0.2) is 56.0 Å². The second kappa shape index (κ2) is 7.87. The Kier molecular flexibility index (Phi) is 5.73. The fourth-order valence-electron chi connectivity index (χ4n) is 4.41. The van der Waals surface area contributed by atoms with Crippen molar-refractivity contribution in [3.05, 3.63) is 72.7 Å². The SMILES string of the molecule is C=CC(CC)N(C=C)C(=C)N1CCCC(c2ccc3c(c2)CC(F)(F)C3)C1. The maximum absolute atomic E-state index is 13.7. The number of halogens is 2. The van der Waals surface area contributed by atoms with Crippen LogP contribution < -0.4 is 0 Å². The normalized spacial score (nSPS) is 22.0. The average molecular weight is 373 g/mol. The molecule has 0 amide bonds. The Bertz CT molecular complexity index is 725. The molecule has 2 unspecified atom stereocenters. The van der Waals surface area contributed by atoms with E-state index in [1.807, 2.05) is 30.5 Å². The highest BCUT2D eigenvalue weighted by Gasteiger charge is 2.37. The van der Waals surface area contributed by atoms with Gasteiger partial charge in [0.05, 0.1) is 6.04 Å². The standard InChI is InChI=1S/C23H30F2N2/c1-5-22(6-2)27(7-3)17(4)26-12-8-9-20(16-26)18-10-11-19-14-23(24,25)15-21(19)13-18/h5,7,10-11,13,20,22H,1,3-4,6,8-9,12,14-16H2,2H3. The number of nitrogens with zero attached hydrogens (tertiary/aromatic N) is 2. The molecule has 4 heteroatoms. The predicted octanol–water partition coefficient (Wildman–Crippen LogP) is 5.48. The highest BCUT2D eigenvalue weighted by molar-refractivity contribution is 5.39. The fourth-order valence-corrected chi connectivity index (χ4v) is 4.41. The molecule has 0 radical (unpaired) electrons. The van der Waals surface area contributed by atoms with Crippen LogP contribution in [-0.4, -0.2) is 34.9 Å². The third kappa shape index (κ3) is 4.10. The number of fused-ring (bicyclic) bond motifs is 1. The van der Waals surface area contributed by atoms with E-state index in [1.165, 1.54) is 5.56 Å². The first-order valence-electron chi connectivity index (χ1n) is 9.85. The maximum Gasteiger partial charge on any atom is 0.256 e. The summed E-state index contributed by atoms with van der Waals surface area (Å²) in [4.78, 5) is 4.38. The molecule has 1 aliphatic heterocycles. The van der Waals surface area contributed by atoms with Gasteiger partial charge in [-0.05, 0) is 42.2 Å². The fraction of sp³-hybridized carbons (Fsp3) is 0.478. The molecule has 0 N–H and O–H groups in total. The summed E-state index contributed by atoms with van der Waals surface area (Å²) in [6.07, 6.45) is 6.57. The van der Waals surface area contributed by atoms with E-state index in [-0.39, 0.29) is 18.9 Å². The Labute approximate surface area is 161 Å². The summed E-state index contributed by atoms with van der Waals surface area (Å²) in [5.41, 5.74) is 2.79. The second-order valence-electron chi connectivity index (χ2n) is 7.74. The molecule has 1 heterocycles. The molecule has 0 bridgehead atoms. The lowest BCUT2D eigenvalue weighted by Gasteiger charge is -2.41. The molecule has 1 aromatic carbocycles. The van der Waals surface area contributed by atoms with E-state index in [1.54, 1.807) is 0 Å². The number of benzene rings is 1. The highest BCUT2D eigenvalue weighted by atomic mass is 19.3. The summed E-state index contributed by atoms with van der Waals surface area (Å²) in [7, 11) is 0. The molecule has 2 atom stereocenters.